The Labute approximate surface area is 168 Å². The van der Waals surface area contributed by atoms with Gasteiger partial charge in [-0.25, -0.2) is 0 Å². The number of aryl methyl sites for hydroxylation is 1. The zero-order valence-electron chi connectivity index (χ0n) is 16.7. The number of para-hydroxylation sites is 2. The summed E-state index contributed by atoms with van der Waals surface area (Å²) >= 11 is 0. The largest absolute Gasteiger partial charge is 0.492 e. The Morgan fingerprint density at radius 2 is 1.90 bits per heavy atom. The molecule has 0 fully saturated rings. The fourth-order valence-electron chi connectivity index (χ4n) is 3.29. The van der Waals surface area contributed by atoms with E-state index in [9.17, 15) is 4.79 Å². The molecule has 2 aromatic heterocycles. The van der Waals surface area contributed by atoms with Crippen LogP contribution in [0.5, 0.6) is 5.75 Å². The number of carbonyl (C=O) groups excluding carboxylic acids is 1. The number of rotatable bonds is 6. The van der Waals surface area contributed by atoms with Gasteiger partial charge in [-0.2, -0.15) is 4.98 Å². The molecule has 0 bridgehead atoms. The third kappa shape index (κ3) is 3.76. The summed E-state index contributed by atoms with van der Waals surface area (Å²) in [4.78, 5) is 16.6. The Balaban J connectivity index is 1.73. The van der Waals surface area contributed by atoms with Crippen molar-refractivity contribution in [3.8, 4) is 5.75 Å². The van der Waals surface area contributed by atoms with Crippen LogP contribution >= 0.6 is 0 Å². The average molecular weight is 389 g/mol. The van der Waals surface area contributed by atoms with Crippen molar-refractivity contribution in [2.75, 3.05) is 11.9 Å². The van der Waals surface area contributed by atoms with E-state index in [1.807, 2.05) is 56.3 Å². The maximum atomic E-state index is 12.0. The van der Waals surface area contributed by atoms with Crippen LogP contribution in [0, 0.1) is 12.8 Å². The van der Waals surface area contributed by atoms with Crippen LogP contribution in [0.15, 0.2) is 48.5 Å². The zero-order valence-corrected chi connectivity index (χ0v) is 16.7. The highest BCUT2D eigenvalue weighted by Gasteiger charge is 2.17. The lowest BCUT2D eigenvalue weighted by molar-refractivity contribution is -0.118. The van der Waals surface area contributed by atoms with Crippen molar-refractivity contribution in [3.63, 3.8) is 0 Å². The quantitative estimate of drug-likeness (QED) is 0.540. The van der Waals surface area contributed by atoms with E-state index in [1.165, 1.54) is 0 Å². The fraction of sp³-hybridized carbons (Fsp3) is 0.273. The highest BCUT2D eigenvalue weighted by molar-refractivity contribution is 6.05. The molecule has 0 aliphatic heterocycles. The predicted octanol–water partition coefficient (Wildman–Crippen LogP) is 3.96. The maximum Gasteiger partial charge on any atom is 0.251 e. The number of hydrogen-bond donors (Lipinski definition) is 1. The van der Waals surface area contributed by atoms with Crippen molar-refractivity contribution in [1.29, 1.82) is 0 Å². The van der Waals surface area contributed by atoms with Crippen molar-refractivity contribution < 1.29 is 9.53 Å². The van der Waals surface area contributed by atoms with Gasteiger partial charge >= 0.3 is 0 Å². The molecule has 0 saturated carbocycles. The van der Waals surface area contributed by atoms with Gasteiger partial charge in [0.05, 0.1) is 12.1 Å². The second kappa shape index (κ2) is 7.87. The summed E-state index contributed by atoms with van der Waals surface area (Å²) in [6, 6.07) is 15.8. The number of amides is 1. The number of benzene rings is 2. The van der Waals surface area contributed by atoms with Gasteiger partial charge in [-0.15, -0.1) is 10.2 Å². The van der Waals surface area contributed by atoms with Gasteiger partial charge < -0.3 is 9.30 Å². The van der Waals surface area contributed by atoms with Crippen molar-refractivity contribution >= 4 is 33.9 Å². The SMILES string of the molecule is Cc1cccc2c3nnc(NC(=O)C(C)C)nc3n(CCOc3ccccc3)c12. The molecule has 0 aliphatic rings. The van der Waals surface area contributed by atoms with Crippen LogP contribution in [-0.2, 0) is 11.3 Å². The first-order valence-corrected chi connectivity index (χ1v) is 9.65. The van der Waals surface area contributed by atoms with Crippen molar-refractivity contribution in [2.45, 2.75) is 27.3 Å². The first-order chi connectivity index (χ1) is 14.0. The van der Waals surface area contributed by atoms with Gasteiger partial charge in [0.1, 0.15) is 17.9 Å². The number of nitrogens with zero attached hydrogens (tertiary/aromatic N) is 4. The Morgan fingerprint density at radius 1 is 1.10 bits per heavy atom. The van der Waals surface area contributed by atoms with E-state index in [4.69, 9.17) is 4.74 Å². The van der Waals surface area contributed by atoms with Crippen LogP contribution in [0.1, 0.15) is 19.4 Å². The summed E-state index contributed by atoms with van der Waals surface area (Å²) in [5.74, 6) is 0.726. The number of anilines is 1. The topological polar surface area (TPSA) is 81.9 Å². The summed E-state index contributed by atoms with van der Waals surface area (Å²) in [7, 11) is 0. The molecule has 1 amide bonds. The lowest BCUT2D eigenvalue weighted by atomic mass is 10.1. The summed E-state index contributed by atoms with van der Waals surface area (Å²) in [5.41, 5.74) is 3.56. The van der Waals surface area contributed by atoms with Crippen molar-refractivity contribution in [3.05, 3.63) is 54.1 Å². The highest BCUT2D eigenvalue weighted by atomic mass is 16.5. The van der Waals surface area contributed by atoms with Crippen molar-refractivity contribution in [1.82, 2.24) is 19.7 Å². The van der Waals surface area contributed by atoms with Crippen LogP contribution in [0.4, 0.5) is 5.95 Å². The first kappa shape index (κ1) is 18.9. The first-order valence-electron chi connectivity index (χ1n) is 9.65. The molecule has 0 radical (unpaired) electrons. The van der Waals surface area contributed by atoms with Crippen LogP contribution in [0.2, 0.25) is 0 Å². The molecule has 2 aromatic carbocycles. The second-order valence-corrected chi connectivity index (χ2v) is 7.24. The van der Waals surface area contributed by atoms with Crippen LogP contribution < -0.4 is 10.1 Å². The smallest absolute Gasteiger partial charge is 0.251 e. The van der Waals surface area contributed by atoms with Crippen molar-refractivity contribution in [2.24, 2.45) is 5.92 Å². The molecule has 0 unspecified atom stereocenters. The van der Waals surface area contributed by atoms with Gasteiger partial charge in [0.2, 0.25) is 5.91 Å². The number of aromatic nitrogens is 4. The number of hydrogen-bond acceptors (Lipinski definition) is 5. The Hall–Kier alpha value is -3.48. The molecule has 7 nitrogen and oxygen atoms in total. The molecule has 0 atom stereocenters. The second-order valence-electron chi connectivity index (χ2n) is 7.24. The van der Waals surface area contributed by atoms with Crippen LogP contribution in [0.25, 0.3) is 22.1 Å². The lowest BCUT2D eigenvalue weighted by Crippen LogP contribution is -2.20. The molecule has 4 rings (SSSR count). The van der Waals surface area contributed by atoms with E-state index in [2.05, 4.69) is 38.1 Å². The Kier molecular flexibility index (Phi) is 5.12. The third-order valence-corrected chi connectivity index (χ3v) is 4.77. The van der Waals surface area contributed by atoms with Gasteiger partial charge in [0, 0.05) is 11.3 Å². The Bertz CT molecular complexity index is 1170. The van der Waals surface area contributed by atoms with Crippen LogP contribution in [0.3, 0.4) is 0 Å². The van der Waals surface area contributed by atoms with E-state index in [0.29, 0.717) is 24.3 Å². The standard InChI is InChI=1S/C22H23N5O2/c1-14(2)21(28)24-22-23-20-18(25-26-22)17-11-7-8-15(3)19(17)27(20)12-13-29-16-9-5-4-6-10-16/h4-11,14H,12-13H2,1-3H3,(H,23,24,26,28). The van der Waals surface area contributed by atoms with E-state index in [1.54, 1.807) is 0 Å². The monoisotopic (exact) mass is 389 g/mol. The molecular weight excluding hydrogens is 366 g/mol. The number of carbonyl (C=O) groups is 1. The van der Waals surface area contributed by atoms with E-state index in [-0.39, 0.29) is 17.8 Å². The molecule has 7 heteroatoms. The minimum Gasteiger partial charge on any atom is -0.492 e. The maximum absolute atomic E-state index is 12.0. The average Bonchev–Trinajstić information content (AvgIpc) is 3.03. The van der Waals surface area contributed by atoms with Gasteiger partial charge in [-0.3, -0.25) is 10.1 Å². The van der Waals surface area contributed by atoms with Crippen LogP contribution in [-0.4, -0.2) is 32.3 Å². The summed E-state index contributed by atoms with van der Waals surface area (Å²) in [6.45, 7) is 6.78. The number of ether oxygens (including phenoxy) is 1. The highest BCUT2D eigenvalue weighted by Crippen LogP contribution is 2.29. The minimum absolute atomic E-state index is 0.141. The van der Waals surface area contributed by atoms with Gasteiger partial charge in [-0.05, 0) is 24.6 Å². The van der Waals surface area contributed by atoms with Gasteiger partial charge in [0.15, 0.2) is 5.65 Å². The van der Waals surface area contributed by atoms with Gasteiger partial charge in [-0.1, -0.05) is 50.2 Å². The number of fused-ring (bicyclic) bond motifs is 3. The summed E-state index contributed by atoms with van der Waals surface area (Å²) < 4.78 is 7.97. The molecule has 1 N–H and O–H groups in total. The summed E-state index contributed by atoms with van der Waals surface area (Å²) in [6.07, 6.45) is 0. The molecular formula is C22H23N5O2. The molecule has 148 valence electrons. The molecule has 29 heavy (non-hydrogen) atoms. The molecule has 4 aromatic rings. The zero-order chi connectivity index (χ0) is 20.4. The molecule has 2 heterocycles. The molecule has 0 saturated heterocycles. The third-order valence-electron chi connectivity index (χ3n) is 4.77. The fourth-order valence-corrected chi connectivity index (χ4v) is 3.29. The van der Waals surface area contributed by atoms with Gasteiger partial charge in [0.25, 0.3) is 5.95 Å². The lowest BCUT2D eigenvalue weighted by Gasteiger charge is -2.10. The minimum atomic E-state index is -0.165. The van der Waals surface area contributed by atoms with E-state index >= 15 is 0 Å². The summed E-state index contributed by atoms with van der Waals surface area (Å²) in [5, 5.41) is 12.2. The predicted molar refractivity (Wildman–Crippen MR) is 113 cm³/mol. The van der Waals surface area contributed by atoms with E-state index in [0.717, 1.165) is 22.2 Å². The normalized spacial score (nSPS) is 11.3. The molecule has 0 spiro atoms. The number of nitrogens with one attached hydrogen (secondary N) is 1. The molecule has 0 aliphatic carbocycles. The van der Waals surface area contributed by atoms with E-state index < -0.39 is 0 Å². The Morgan fingerprint density at radius 3 is 2.66 bits per heavy atom.